The quantitative estimate of drug-likeness (QED) is 0.774. The SMILES string of the molecule is CCOc1ccncc1S(=O)(=O)N[C@H](C(=O)O)C(C)C. The van der Waals surface area contributed by atoms with Crippen molar-refractivity contribution in [2.24, 2.45) is 5.92 Å². The summed E-state index contributed by atoms with van der Waals surface area (Å²) in [4.78, 5) is 14.7. The van der Waals surface area contributed by atoms with Crippen LogP contribution in [0.15, 0.2) is 23.4 Å². The molecule has 1 atom stereocenters. The van der Waals surface area contributed by atoms with Gasteiger partial charge in [0.15, 0.2) is 0 Å². The maximum absolute atomic E-state index is 12.3. The zero-order valence-electron chi connectivity index (χ0n) is 11.5. The molecule has 0 aromatic carbocycles. The number of hydrogen-bond acceptors (Lipinski definition) is 5. The molecule has 0 radical (unpaired) electrons. The van der Waals surface area contributed by atoms with Crippen LogP contribution in [-0.4, -0.2) is 37.1 Å². The van der Waals surface area contributed by atoms with Crippen LogP contribution in [0.4, 0.5) is 0 Å². The zero-order chi connectivity index (χ0) is 15.3. The van der Waals surface area contributed by atoms with Crippen molar-refractivity contribution in [3.8, 4) is 5.75 Å². The van der Waals surface area contributed by atoms with Crippen LogP contribution in [0.25, 0.3) is 0 Å². The van der Waals surface area contributed by atoms with Gasteiger partial charge in [0.25, 0.3) is 0 Å². The van der Waals surface area contributed by atoms with Gasteiger partial charge in [0, 0.05) is 6.20 Å². The molecule has 0 bridgehead atoms. The number of ether oxygens (including phenoxy) is 1. The predicted octanol–water partition coefficient (Wildman–Crippen LogP) is 0.868. The summed E-state index contributed by atoms with van der Waals surface area (Å²) in [6.45, 7) is 5.25. The van der Waals surface area contributed by atoms with E-state index in [9.17, 15) is 13.2 Å². The third kappa shape index (κ3) is 3.91. The van der Waals surface area contributed by atoms with Crippen LogP contribution in [0.1, 0.15) is 20.8 Å². The van der Waals surface area contributed by atoms with E-state index in [4.69, 9.17) is 9.84 Å². The van der Waals surface area contributed by atoms with E-state index >= 15 is 0 Å². The van der Waals surface area contributed by atoms with Gasteiger partial charge in [-0.05, 0) is 18.9 Å². The summed E-state index contributed by atoms with van der Waals surface area (Å²) >= 11 is 0. The molecule has 0 aliphatic rings. The Balaban J connectivity index is 3.14. The molecule has 0 unspecified atom stereocenters. The molecule has 0 saturated heterocycles. The Bertz CT molecular complexity index is 571. The minimum atomic E-state index is -4.02. The molecule has 0 amide bonds. The van der Waals surface area contributed by atoms with Gasteiger partial charge in [-0.1, -0.05) is 13.8 Å². The molecule has 0 fully saturated rings. The topological polar surface area (TPSA) is 106 Å². The summed E-state index contributed by atoms with van der Waals surface area (Å²) in [6, 6.07) is 0.207. The Morgan fingerprint density at radius 2 is 2.15 bits per heavy atom. The highest BCUT2D eigenvalue weighted by Gasteiger charge is 2.29. The molecule has 0 aliphatic heterocycles. The molecule has 8 heteroatoms. The van der Waals surface area contributed by atoms with Gasteiger partial charge >= 0.3 is 5.97 Å². The van der Waals surface area contributed by atoms with E-state index in [1.165, 1.54) is 12.3 Å². The molecule has 0 aliphatic carbocycles. The fraction of sp³-hybridized carbons (Fsp3) is 0.500. The van der Waals surface area contributed by atoms with Crippen molar-refractivity contribution in [2.45, 2.75) is 31.7 Å². The zero-order valence-corrected chi connectivity index (χ0v) is 12.3. The lowest BCUT2D eigenvalue weighted by Gasteiger charge is -2.18. The van der Waals surface area contributed by atoms with Crippen LogP contribution < -0.4 is 9.46 Å². The highest BCUT2D eigenvalue weighted by atomic mass is 32.2. The first-order chi connectivity index (χ1) is 9.29. The van der Waals surface area contributed by atoms with Crippen LogP contribution in [0, 0.1) is 5.92 Å². The second-order valence-corrected chi connectivity index (χ2v) is 6.12. The Morgan fingerprint density at radius 1 is 1.50 bits per heavy atom. The second-order valence-electron chi connectivity index (χ2n) is 4.44. The standard InChI is InChI=1S/C12H18N2O5S/c1-4-19-9-5-6-13-7-10(9)20(17,18)14-11(8(2)3)12(15)16/h5-8,11,14H,4H2,1-3H3,(H,15,16)/t11-/m0/s1. The van der Waals surface area contributed by atoms with E-state index in [0.29, 0.717) is 6.61 Å². The lowest BCUT2D eigenvalue weighted by atomic mass is 10.1. The number of rotatable bonds is 7. The lowest BCUT2D eigenvalue weighted by Crippen LogP contribution is -2.44. The third-order valence-electron chi connectivity index (χ3n) is 2.55. The van der Waals surface area contributed by atoms with Gasteiger partial charge in [-0.3, -0.25) is 9.78 Å². The summed E-state index contributed by atoms with van der Waals surface area (Å²) in [5, 5.41) is 9.05. The molecule has 1 heterocycles. The predicted molar refractivity (Wildman–Crippen MR) is 72.0 cm³/mol. The van der Waals surface area contributed by atoms with Crippen molar-refractivity contribution in [2.75, 3.05) is 6.61 Å². The van der Waals surface area contributed by atoms with Crippen LogP contribution in [0.3, 0.4) is 0 Å². The first-order valence-corrected chi connectivity index (χ1v) is 7.59. The molecule has 1 aromatic rings. The summed E-state index contributed by atoms with van der Waals surface area (Å²) in [7, 11) is -4.02. The van der Waals surface area contributed by atoms with Crippen molar-refractivity contribution >= 4 is 16.0 Å². The maximum atomic E-state index is 12.3. The molecular formula is C12H18N2O5S. The van der Waals surface area contributed by atoms with Gasteiger partial charge in [-0.15, -0.1) is 0 Å². The number of aliphatic carboxylic acids is 1. The molecule has 0 spiro atoms. The lowest BCUT2D eigenvalue weighted by molar-refractivity contribution is -0.140. The molecule has 0 saturated carbocycles. The minimum absolute atomic E-state index is 0.142. The van der Waals surface area contributed by atoms with Crippen LogP contribution in [0.5, 0.6) is 5.75 Å². The van der Waals surface area contributed by atoms with Gasteiger partial charge in [0.05, 0.1) is 12.8 Å². The fourth-order valence-electron chi connectivity index (χ4n) is 1.55. The number of carbonyl (C=O) groups is 1. The van der Waals surface area contributed by atoms with E-state index in [1.807, 2.05) is 0 Å². The Kier molecular flexibility index (Phi) is 5.46. The van der Waals surface area contributed by atoms with E-state index in [0.717, 1.165) is 6.20 Å². The second kappa shape index (κ2) is 6.67. The first kappa shape index (κ1) is 16.4. The molecule has 2 N–H and O–H groups in total. The summed E-state index contributed by atoms with van der Waals surface area (Å²) in [6.07, 6.45) is 2.54. The first-order valence-electron chi connectivity index (χ1n) is 6.11. The maximum Gasteiger partial charge on any atom is 0.322 e. The number of nitrogens with zero attached hydrogens (tertiary/aromatic N) is 1. The summed E-state index contributed by atoms with van der Waals surface area (Å²) in [5.41, 5.74) is 0. The Labute approximate surface area is 118 Å². The number of carboxylic acids is 1. The third-order valence-corrected chi connectivity index (χ3v) is 4.00. The highest BCUT2D eigenvalue weighted by Crippen LogP contribution is 2.22. The number of sulfonamides is 1. The summed E-state index contributed by atoms with van der Waals surface area (Å²) < 4.78 is 31.9. The van der Waals surface area contributed by atoms with Gasteiger partial charge in [0.1, 0.15) is 16.7 Å². The van der Waals surface area contributed by atoms with Crippen molar-refractivity contribution in [3.05, 3.63) is 18.5 Å². The highest BCUT2D eigenvalue weighted by molar-refractivity contribution is 7.89. The Morgan fingerprint density at radius 3 is 2.65 bits per heavy atom. The van der Waals surface area contributed by atoms with Gasteiger partial charge in [0.2, 0.25) is 10.0 Å². The molecule has 7 nitrogen and oxygen atoms in total. The average Bonchev–Trinajstić information content (AvgIpc) is 2.36. The largest absolute Gasteiger partial charge is 0.492 e. The van der Waals surface area contributed by atoms with Crippen molar-refractivity contribution in [1.29, 1.82) is 0 Å². The number of nitrogens with one attached hydrogen (secondary N) is 1. The smallest absolute Gasteiger partial charge is 0.322 e. The van der Waals surface area contributed by atoms with Gasteiger partial charge in [-0.2, -0.15) is 4.72 Å². The monoisotopic (exact) mass is 302 g/mol. The number of carboxylic acid groups (broad SMARTS) is 1. The number of aromatic nitrogens is 1. The molecular weight excluding hydrogens is 284 g/mol. The van der Waals surface area contributed by atoms with Crippen molar-refractivity contribution < 1.29 is 23.1 Å². The van der Waals surface area contributed by atoms with Crippen LogP contribution in [-0.2, 0) is 14.8 Å². The molecule has 1 rings (SSSR count). The van der Waals surface area contributed by atoms with Gasteiger partial charge < -0.3 is 9.84 Å². The molecule has 1 aromatic heterocycles. The van der Waals surface area contributed by atoms with Crippen LogP contribution in [0.2, 0.25) is 0 Å². The fourth-order valence-corrected chi connectivity index (χ4v) is 2.97. The van der Waals surface area contributed by atoms with Gasteiger partial charge in [-0.25, -0.2) is 8.42 Å². The summed E-state index contributed by atoms with van der Waals surface area (Å²) in [5.74, 6) is -1.48. The molecule has 112 valence electrons. The minimum Gasteiger partial charge on any atom is -0.492 e. The van der Waals surface area contributed by atoms with E-state index in [2.05, 4.69) is 9.71 Å². The Hall–Kier alpha value is -1.67. The normalized spacial score (nSPS) is 13.2. The van der Waals surface area contributed by atoms with E-state index < -0.39 is 28.0 Å². The van der Waals surface area contributed by atoms with Crippen LogP contribution >= 0.6 is 0 Å². The van der Waals surface area contributed by atoms with Crippen molar-refractivity contribution in [1.82, 2.24) is 9.71 Å². The number of pyridine rings is 1. The average molecular weight is 302 g/mol. The van der Waals surface area contributed by atoms with E-state index in [-0.39, 0.29) is 10.6 Å². The van der Waals surface area contributed by atoms with E-state index in [1.54, 1.807) is 20.8 Å². The number of hydrogen-bond donors (Lipinski definition) is 2. The molecule has 20 heavy (non-hydrogen) atoms. The van der Waals surface area contributed by atoms with Crippen molar-refractivity contribution in [3.63, 3.8) is 0 Å².